The normalized spacial score (nSPS) is 11.1. The average Bonchev–Trinajstić information content (AvgIpc) is 3.22. The summed E-state index contributed by atoms with van der Waals surface area (Å²) in [7, 11) is 0. The maximum absolute atomic E-state index is 13.3. The van der Waals surface area contributed by atoms with Crippen molar-refractivity contribution in [2.24, 2.45) is 0 Å². The molecule has 0 amide bonds. The van der Waals surface area contributed by atoms with E-state index < -0.39 is 0 Å². The number of halogens is 2. The Labute approximate surface area is 215 Å². The number of fused-ring (bicyclic) bond motifs is 1. The second-order valence-corrected chi connectivity index (χ2v) is 9.00. The number of carbonyl (C=O) groups excluding carboxylic acids is 1. The molecule has 4 nitrogen and oxygen atoms in total. The molecule has 0 saturated carbocycles. The minimum Gasteiger partial charge on any atom is -0.492 e. The number of unbranched alkanes of at least 4 members (excludes halogenated alkanes) is 2. The van der Waals surface area contributed by atoms with Crippen LogP contribution in [-0.4, -0.2) is 41.3 Å². The van der Waals surface area contributed by atoms with Crippen molar-refractivity contribution >= 4 is 35.3 Å². The van der Waals surface area contributed by atoms with Crippen LogP contribution in [0.1, 0.15) is 74.5 Å². The highest BCUT2D eigenvalue weighted by Crippen LogP contribution is 2.28. The molecule has 0 aliphatic rings. The van der Waals surface area contributed by atoms with Gasteiger partial charge in [-0.3, -0.25) is 4.79 Å². The molecule has 2 heterocycles. The van der Waals surface area contributed by atoms with Gasteiger partial charge in [-0.2, -0.15) is 0 Å². The highest BCUT2D eigenvalue weighted by molar-refractivity contribution is 6.32. The van der Waals surface area contributed by atoms with Gasteiger partial charge in [-0.1, -0.05) is 51.3 Å². The predicted octanol–water partition coefficient (Wildman–Crippen LogP) is 7.48. The van der Waals surface area contributed by atoms with E-state index in [0.717, 1.165) is 43.6 Å². The van der Waals surface area contributed by atoms with E-state index in [1.165, 1.54) is 25.7 Å². The zero-order valence-corrected chi connectivity index (χ0v) is 22.3. The Kier molecular flexibility index (Phi) is 12.0. The molecule has 0 radical (unpaired) electrons. The molecule has 0 unspecified atom stereocenters. The van der Waals surface area contributed by atoms with Crippen molar-refractivity contribution in [3.8, 4) is 5.75 Å². The third kappa shape index (κ3) is 7.24. The lowest BCUT2D eigenvalue weighted by atomic mass is 10.0. The highest BCUT2D eigenvalue weighted by Gasteiger charge is 2.19. The Bertz CT molecular complexity index is 1040. The Morgan fingerprint density at radius 1 is 0.971 bits per heavy atom. The lowest BCUT2D eigenvalue weighted by Gasteiger charge is -2.22. The molecule has 0 aliphatic heterocycles. The smallest absolute Gasteiger partial charge is 0.210 e. The van der Waals surface area contributed by atoms with E-state index >= 15 is 0 Å². The van der Waals surface area contributed by atoms with Gasteiger partial charge in [0, 0.05) is 23.8 Å². The fraction of sp³-hybridized carbons (Fsp3) is 0.464. The van der Waals surface area contributed by atoms with Crippen LogP contribution in [0, 0.1) is 0 Å². The molecule has 0 fully saturated rings. The number of rotatable bonds is 14. The molecule has 0 aliphatic carbocycles. The van der Waals surface area contributed by atoms with Crippen molar-refractivity contribution in [2.45, 2.75) is 59.3 Å². The van der Waals surface area contributed by atoms with Gasteiger partial charge < -0.3 is 14.0 Å². The largest absolute Gasteiger partial charge is 0.492 e. The topological polar surface area (TPSA) is 34.0 Å². The summed E-state index contributed by atoms with van der Waals surface area (Å²) < 4.78 is 7.92. The Morgan fingerprint density at radius 2 is 1.68 bits per heavy atom. The van der Waals surface area contributed by atoms with E-state index in [9.17, 15) is 4.79 Å². The summed E-state index contributed by atoms with van der Waals surface area (Å²) in [5.41, 5.74) is 3.35. The first-order valence-corrected chi connectivity index (χ1v) is 12.7. The molecule has 0 saturated heterocycles. The fourth-order valence-electron chi connectivity index (χ4n) is 4.17. The van der Waals surface area contributed by atoms with Gasteiger partial charge in [-0.25, -0.2) is 0 Å². The number of hydrogen-bond acceptors (Lipinski definition) is 3. The van der Waals surface area contributed by atoms with E-state index in [1.807, 2.05) is 40.9 Å². The van der Waals surface area contributed by atoms with Crippen LogP contribution in [0.5, 0.6) is 5.75 Å². The van der Waals surface area contributed by atoms with Crippen molar-refractivity contribution in [1.82, 2.24) is 9.30 Å². The van der Waals surface area contributed by atoms with Crippen LogP contribution in [0.15, 0.2) is 48.7 Å². The number of ketones is 1. The van der Waals surface area contributed by atoms with E-state index in [-0.39, 0.29) is 18.2 Å². The lowest BCUT2D eigenvalue weighted by molar-refractivity contribution is 0.103. The van der Waals surface area contributed by atoms with Crippen LogP contribution >= 0.6 is 24.0 Å². The SMILES string of the molecule is CCCCN(CCCC)CCCOc1ccc(C(=O)c2c(CC)cc3ccccn23)cc1Cl.Cl. The minimum atomic E-state index is -0.0195. The first-order chi connectivity index (χ1) is 16.1. The Morgan fingerprint density at radius 3 is 2.32 bits per heavy atom. The van der Waals surface area contributed by atoms with Gasteiger partial charge in [0.1, 0.15) is 5.75 Å². The molecule has 3 rings (SSSR count). The van der Waals surface area contributed by atoms with Gasteiger partial charge in [0.15, 0.2) is 0 Å². The van der Waals surface area contributed by atoms with Crippen LogP contribution < -0.4 is 4.74 Å². The number of ether oxygens (including phenoxy) is 1. The third-order valence-electron chi connectivity index (χ3n) is 6.08. The fourth-order valence-corrected chi connectivity index (χ4v) is 4.40. The van der Waals surface area contributed by atoms with E-state index in [0.29, 0.717) is 28.6 Å². The van der Waals surface area contributed by atoms with E-state index in [1.54, 1.807) is 6.07 Å². The summed E-state index contributed by atoms with van der Waals surface area (Å²) in [5.74, 6) is 0.617. The number of pyridine rings is 1. The van der Waals surface area contributed by atoms with Gasteiger partial charge in [-0.05, 0) is 80.7 Å². The molecule has 186 valence electrons. The molecule has 34 heavy (non-hydrogen) atoms. The van der Waals surface area contributed by atoms with Crippen molar-refractivity contribution in [2.75, 3.05) is 26.2 Å². The average molecular weight is 506 g/mol. The van der Waals surface area contributed by atoms with Crippen LogP contribution in [0.25, 0.3) is 5.52 Å². The van der Waals surface area contributed by atoms with Crippen molar-refractivity contribution < 1.29 is 9.53 Å². The Hall–Kier alpha value is -2.01. The van der Waals surface area contributed by atoms with Crippen molar-refractivity contribution in [1.29, 1.82) is 0 Å². The first kappa shape index (κ1) is 28.2. The van der Waals surface area contributed by atoms with Gasteiger partial charge in [0.2, 0.25) is 5.78 Å². The number of nitrogens with zero attached hydrogens (tertiary/aromatic N) is 2. The van der Waals surface area contributed by atoms with Crippen molar-refractivity contribution in [3.63, 3.8) is 0 Å². The Balaban J connectivity index is 0.00000408. The molecule has 2 aromatic heterocycles. The highest BCUT2D eigenvalue weighted by atomic mass is 35.5. The summed E-state index contributed by atoms with van der Waals surface area (Å²) in [6.45, 7) is 10.5. The molecule has 0 spiro atoms. The molecule has 0 atom stereocenters. The maximum Gasteiger partial charge on any atom is 0.210 e. The van der Waals surface area contributed by atoms with Crippen LogP contribution in [0.2, 0.25) is 5.02 Å². The van der Waals surface area contributed by atoms with Crippen molar-refractivity contribution in [3.05, 3.63) is 70.5 Å². The predicted molar refractivity (Wildman–Crippen MR) is 145 cm³/mol. The molecular formula is C28H38Cl2N2O2. The second kappa shape index (κ2) is 14.4. The summed E-state index contributed by atoms with van der Waals surface area (Å²) >= 11 is 6.51. The van der Waals surface area contributed by atoms with Gasteiger partial charge in [0.25, 0.3) is 0 Å². The number of carbonyl (C=O) groups is 1. The second-order valence-electron chi connectivity index (χ2n) is 8.59. The standard InChI is InChI=1S/C28H37ClN2O2.ClH/c1-4-7-15-30(16-8-5-2)17-11-19-33-26-14-13-23(21-25(26)29)28(32)27-22(6-3)20-24-12-9-10-18-31(24)27;/h9-10,12-14,18,20-21H,4-8,11,15-17,19H2,1-3H3;1H. The molecule has 0 N–H and O–H groups in total. The van der Waals surface area contributed by atoms with Gasteiger partial charge in [0.05, 0.1) is 17.3 Å². The van der Waals surface area contributed by atoms with Gasteiger partial charge in [-0.15, -0.1) is 12.4 Å². The summed E-state index contributed by atoms with van der Waals surface area (Å²) in [5, 5.41) is 0.480. The van der Waals surface area contributed by atoms with Crippen LogP contribution in [-0.2, 0) is 6.42 Å². The number of aryl methyl sites for hydroxylation is 1. The van der Waals surface area contributed by atoms with Gasteiger partial charge >= 0.3 is 0 Å². The minimum absolute atomic E-state index is 0. The number of aromatic nitrogens is 1. The molecule has 6 heteroatoms. The molecule has 1 aromatic carbocycles. The zero-order valence-electron chi connectivity index (χ0n) is 20.7. The first-order valence-electron chi connectivity index (χ1n) is 12.4. The quantitative estimate of drug-likeness (QED) is 0.168. The van der Waals surface area contributed by atoms with Crippen LogP contribution in [0.3, 0.4) is 0 Å². The molecular weight excluding hydrogens is 467 g/mol. The zero-order chi connectivity index (χ0) is 23.6. The van der Waals surface area contributed by atoms with Crippen LogP contribution in [0.4, 0.5) is 0 Å². The summed E-state index contributed by atoms with van der Waals surface area (Å²) in [6, 6.07) is 13.4. The summed E-state index contributed by atoms with van der Waals surface area (Å²) in [6.07, 6.45) is 8.61. The lowest BCUT2D eigenvalue weighted by Crippen LogP contribution is -2.28. The maximum atomic E-state index is 13.3. The number of hydrogen-bond donors (Lipinski definition) is 0. The van der Waals surface area contributed by atoms with E-state index in [2.05, 4.69) is 31.7 Å². The molecule has 0 bridgehead atoms. The molecule has 3 aromatic rings. The number of benzene rings is 1. The summed E-state index contributed by atoms with van der Waals surface area (Å²) in [4.78, 5) is 15.9. The van der Waals surface area contributed by atoms with E-state index in [4.69, 9.17) is 16.3 Å². The third-order valence-corrected chi connectivity index (χ3v) is 6.38. The monoisotopic (exact) mass is 504 g/mol.